The molecule has 0 saturated carbocycles. The van der Waals surface area contributed by atoms with Gasteiger partial charge in [0.1, 0.15) is 0 Å². The fourth-order valence-electron chi connectivity index (χ4n) is 2.06. The molecule has 0 radical (unpaired) electrons. The quantitative estimate of drug-likeness (QED) is 0.717. The molecule has 1 aliphatic rings. The van der Waals surface area contributed by atoms with Crippen molar-refractivity contribution in [2.45, 2.75) is 12.8 Å². The SMILES string of the molecule is CSCC(=O)N1CCCC(CNCC(=O)O)C1. The van der Waals surface area contributed by atoms with Gasteiger partial charge in [-0.2, -0.15) is 11.8 Å². The van der Waals surface area contributed by atoms with E-state index in [0.717, 1.165) is 25.9 Å². The van der Waals surface area contributed by atoms with Crippen LogP contribution < -0.4 is 5.32 Å². The van der Waals surface area contributed by atoms with Gasteiger partial charge < -0.3 is 15.3 Å². The van der Waals surface area contributed by atoms with E-state index in [1.54, 1.807) is 11.8 Å². The number of carbonyl (C=O) groups is 2. The Hall–Kier alpha value is -0.750. The van der Waals surface area contributed by atoms with E-state index >= 15 is 0 Å². The number of aliphatic carboxylic acids is 1. The smallest absolute Gasteiger partial charge is 0.317 e. The summed E-state index contributed by atoms with van der Waals surface area (Å²) in [6.45, 7) is 2.27. The lowest BCUT2D eigenvalue weighted by molar-refractivity contribution is -0.136. The third-order valence-corrected chi connectivity index (χ3v) is 3.38. The molecule has 0 aromatic heterocycles. The van der Waals surface area contributed by atoms with Gasteiger partial charge in [-0.15, -0.1) is 0 Å². The van der Waals surface area contributed by atoms with Crippen LogP contribution in [0.15, 0.2) is 0 Å². The zero-order chi connectivity index (χ0) is 12.7. The molecule has 17 heavy (non-hydrogen) atoms. The molecule has 1 rings (SSSR count). The number of piperidine rings is 1. The van der Waals surface area contributed by atoms with Gasteiger partial charge in [0.05, 0.1) is 12.3 Å². The number of carboxylic acid groups (broad SMARTS) is 1. The Kier molecular flexibility index (Phi) is 6.36. The van der Waals surface area contributed by atoms with Crippen molar-refractivity contribution in [3.8, 4) is 0 Å². The number of carboxylic acids is 1. The number of thioether (sulfide) groups is 1. The third kappa shape index (κ3) is 5.41. The Balaban J connectivity index is 2.28. The lowest BCUT2D eigenvalue weighted by Crippen LogP contribution is -2.44. The minimum Gasteiger partial charge on any atom is -0.480 e. The second kappa shape index (κ2) is 7.55. The molecule has 1 fully saturated rings. The number of nitrogens with zero attached hydrogens (tertiary/aromatic N) is 1. The van der Waals surface area contributed by atoms with Gasteiger partial charge in [-0.25, -0.2) is 0 Å². The van der Waals surface area contributed by atoms with E-state index in [1.165, 1.54) is 0 Å². The minimum absolute atomic E-state index is 0.00470. The zero-order valence-electron chi connectivity index (χ0n) is 10.1. The first-order valence-corrected chi connectivity index (χ1v) is 7.22. The van der Waals surface area contributed by atoms with Crippen LogP contribution in [0.25, 0.3) is 0 Å². The van der Waals surface area contributed by atoms with Crippen LogP contribution in [0.1, 0.15) is 12.8 Å². The summed E-state index contributed by atoms with van der Waals surface area (Å²) in [7, 11) is 0. The lowest BCUT2D eigenvalue weighted by Gasteiger charge is -2.32. The van der Waals surface area contributed by atoms with Crippen molar-refractivity contribution in [2.75, 3.05) is 38.2 Å². The Bertz CT molecular complexity index is 273. The fourth-order valence-corrected chi connectivity index (χ4v) is 2.49. The summed E-state index contributed by atoms with van der Waals surface area (Å²) < 4.78 is 0. The van der Waals surface area contributed by atoms with Crippen molar-refractivity contribution in [2.24, 2.45) is 5.92 Å². The van der Waals surface area contributed by atoms with Crippen molar-refractivity contribution in [3.05, 3.63) is 0 Å². The molecule has 1 heterocycles. The first-order chi connectivity index (χ1) is 8.13. The summed E-state index contributed by atoms with van der Waals surface area (Å²) in [5, 5.41) is 11.4. The standard InChI is InChI=1S/C11H20N2O3S/c1-17-8-10(14)13-4-2-3-9(7-13)5-12-6-11(15)16/h9,12H,2-8H2,1H3,(H,15,16). The molecule has 98 valence electrons. The highest BCUT2D eigenvalue weighted by Crippen LogP contribution is 2.16. The molecular formula is C11H20N2O3S. The number of hydrogen-bond acceptors (Lipinski definition) is 4. The molecule has 0 aromatic rings. The number of nitrogens with one attached hydrogen (secondary N) is 1. The van der Waals surface area contributed by atoms with Gasteiger partial charge in [0.25, 0.3) is 0 Å². The van der Waals surface area contributed by atoms with E-state index in [0.29, 0.717) is 18.2 Å². The maximum atomic E-state index is 11.7. The first kappa shape index (κ1) is 14.3. The first-order valence-electron chi connectivity index (χ1n) is 5.82. The number of rotatable bonds is 6. The summed E-state index contributed by atoms with van der Waals surface area (Å²) in [5.74, 6) is 0.278. The molecule has 6 heteroatoms. The van der Waals surface area contributed by atoms with Gasteiger partial charge in [0, 0.05) is 19.6 Å². The summed E-state index contributed by atoms with van der Waals surface area (Å²) in [6.07, 6.45) is 4.00. The summed E-state index contributed by atoms with van der Waals surface area (Å²) in [4.78, 5) is 24.0. The summed E-state index contributed by atoms with van der Waals surface area (Å²) in [6, 6.07) is 0. The Morgan fingerprint density at radius 3 is 2.94 bits per heavy atom. The molecular weight excluding hydrogens is 240 g/mol. The molecule has 0 bridgehead atoms. The largest absolute Gasteiger partial charge is 0.480 e. The molecule has 5 nitrogen and oxygen atoms in total. The van der Waals surface area contributed by atoms with Crippen molar-refractivity contribution in [1.82, 2.24) is 10.2 Å². The van der Waals surface area contributed by atoms with Crippen molar-refractivity contribution in [1.29, 1.82) is 0 Å². The Labute approximate surface area is 106 Å². The maximum Gasteiger partial charge on any atom is 0.317 e. The number of likely N-dealkylation sites (tertiary alicyclic amines) is 1. The van der Waals surface area contributed by atoms with Crippen molar-refractivity contribution in [3.63, 3.8) is 0 Å². The minimum atomic E-state index is -0.837. The van der Waals surface area contributed by atoms with Crippen LogP contribution in [-0.2, 0) is 9.59 Å². The lowest BCUT2D eigenvalue weighted by atomic mass is 9.98. The second-order valence-corrected chi connectivity index (χ2v) is 5.17. The normalized spacial score (nSPS) is 20.3. The van der Waals surface area contributed by atoms with Gasteiger partial charge in [-0.1, -0.05) is 0 Å². The van der Waals surface area contributed by atoms with E-state index in [4.69, 9.17) is 5.11 Å². The molecule has 0 aromatic carbocycles. The van der Waals surface area contributed by atoms with Crippen LogP contribution in [-0.4, -0.2) is 60.1 Å². The number of amides is 1. The van der Waals surface area contributed by atoms with Crippen LogP contribution in [0, 0.1) is 5.92 Å². The van der Waals surface area contributed by atoms with Gasteiger partial charge in [0.15, 0.2) is 0 Å². The number of hydrogen-bond donors (Lipinski definition) is 2. The molecule has 0 aliphatic carbocycles. The average molecular weight is 260 g/mol. The van der Waals surface area contributed by atoms with Crippen LogP contribution in [0.2, 0.25) is 0 Å². The molecule has 1 atom stereocenters. The van der Waals surface area contributed by atoms with E-state index in [1.807, 2.05) is 11.2 Å². The molecule has 1 aliphatic heterocycles. The average Bonchev–Trinajstić information content (AvgIpc) is 2.29. The van der Waals surface area contributed by atoms with E-state index in [-0.39, 0.29) is 12.5 Å². The predicted molar refractivity (Wildman–Crippen MR) is 68.2 cm³/mol. The van der Waals surface area contributed by atoms with Crippen LogP contribution in [0.3, 0.4) is 0 Å². The molecule has 1 amide bonds. The van der Waals surface area contributed by atoms with Crippen molar-refractivity contribution < 1.29 is 14.7 Å². The fraction of sp³-hybridized carbons (Fsp3) is 0.818. The van der Waals surface area contributed by atoms with Gasteiger partial charge in [0.2, 0.25) is 5.91 Å². The van der Waals surface area contributed by atoms with E-state index in [2.05, 4.69) is 5.32 Å². The highest BCUT2D eigenvalue weighted by molar-refractivity contribution is 7.99. The second-order valence-electron chi connectivity index (χ2n) is 4.31. The van der Waals surface area contributed by atoms with Gasteiger partial charge in [-0.05, 0) is 25.0 Å². The van der Waals surface area contributed by atoms with E-state index in [9.17, 15) is 9.59 Å². The number of carbonyl (C=O) groups excluding carboxylic acids is 1. The van der Waals surface area contributed by atoms with Gasteiger partial charge >= 0.3 is 5.97 Å². The molecule has 1 unspecified atom stereocenters. The van der Waals surface area contributed by atoms with Crippen molar-refractivity contribution >= 4 is 23.6 Å². The maximum absolute atomic E-state index is 11.7. The molecule has 0 spiro atoms. The highest BCUT2D eigenvalue weighted by atomic mass is 32.2. The summed E-state index contributed by atoms with van der Waals surface area (Å²) >= 11 is 1.54. The predicted octanol–water partition coefficient (Wildman–Crippen LogP) is 0.262. The molecule has 2 N–H and O–H groups in total. The Morgan fingerprint density at radius 2 is 2.29 bits per heavy atom. The highest BCUT2D eigenvalue weighted by Gasteiger charge is 2.22. The third-order valence-electron chi connectivity index (χ3n) is 2.85. The topological polar surface area (TPSA) is 69.6 Å². The monoisotopic (exact) mass is 260 g/mol. The Morgan fingerprint density at radius 1 is 1.53 bits per heavy atom. The van der Waals surface area contributed by atoms with Crippen LogP contribution in [0.4, 0.5) is 0 Å². The molecule has 1 saturated heterocycles. The van der Waals surface area contributed by atoms with Crippen LogP contribution >= 0.6 is 11.8 Å². The zero-order valence-corrected chi connectivity index (χ0v) is 11.0. The van der Waals surface area contributed by atoms with E-state index < -0.39 is 5.97 Å². The van der Waals surface area contributed by atoms with Crippen LogP contribution in [0.5, 0.6) is 0 Å². The van der Waals surface area contributed by atoms with Gasteiger partial charge in [-0.3, -0.25) is 9.59 Å². The summed E-state index contributed by atoms with van der Waals surface area (Å²) in [5.41, 5.74) is 0.